The van der Waals surface area contributed by atoms with Crippen molar-refractivity contribution in [2.75, 3.05) is 0 Å². The first kappa shape index (κ1) is 20.7. The zero-order valence-electron chi connectivity index (χ0n) is 15.7. The number of benzene rings is 2. The summed E-state index contributed by atoms with van der Waals surface area (Å²) in [5, 5.41) is -0.0374. The Morgan fingerprint density at radius 3 is 2.36 bits per heavy atom. The summed E-state index contributed by atoms with van der Waals surface area (Å²) in [6.45, 7) is 4.09. The molecule has 1 aromatic heterocycles. The first-order valence-corrected chi connectivity index (χ1v) is 9.57. The van der Waals surface area contributed by atoms with Crippen LogP contribution in [0.25, 0.3) is 16.6 Å². The quantitative estimate of drug-likeness (QED) is 0.427. The number of para-hydroxylation sites is 1. The number of alkyl halides is 3. The molecule has 0 aliphatic heterocycles. The van der Waals surface area contributed by atoms with Crippen LogP contribution < -0.4 is 0 Å². The van der Waals surface area contributed by atoms with Crippen molar-refractivity contribution in [1.29, 1.82) is 0 Å². The Morgan fingerprint density at radius 1 is 1.18 bits per heavy atom. The lowest BCUT2D eigenvalue weighted by Gasteiger charge is -2.13. The minimum atomic E-state index is -4.50. The van der Waals surface area contributed by atoms with Crippen LogP contribution in [-0.4, -0.2) is 9.55 Å². The minimum absolute atomic E-state index is 0.0187. The van der Waals surface area contributed by atoms with Crippen LogP contribution in [0.3, 0.4) is 0 Å². The zero-order valence-corrected chi connectivity index (χ0v) is 17.2. The second-order valence-corrected chi connectivity index (χ2v) is 7.34. The number of rotatable bonds is 4. The van der Waals surface area contributed by atoms with E-state index >= 15 is 0 Å². The summed E-state index contributed by atoms with van der Waals surface area (Å²) in [5.41, 5.74) is 3.66. The molecule has 0 N–H and O–H groups in total. The van der Waals surface area contributed by atoms with Gasteiger partial charge in [0.15, 0.2) is 0 Å². The smallest absolute Gasteiger partial charge is 0.330 e. The highest BCUT2D eigenvalue weighted by Crippen LogP contribution is 2.37. The molecule has 0 aliphatic rings. The van der Waals surface area contributed by atoms with Gasteiger partial charge in [0, 0.05) is 29.1 Å². The lowest BCUT2D eigenvalue weighted by Crippen LogP contribution is -2.07. The Bertz CT molecular complexity index is 1040. The minimum Gasteiger partial charge on any atom is -0.330 e. The molecule has 0 atom stereocenters. The van der Waals surface area contributed by atoms with E-state index in [1.165, 1.54) is 5.57 Å². The van der Waals surface area contributed by atoms with Gasteiger partial charge in [-0.25, -0.2) is 4.98 Å². The normalized spacial score (nSPS) is 12.8. The number of halogens is 5. The second kappa shape index (κ2) is 7.80. The van der Waals surface area contributed by atoms with E-state index in [2.05, 4.69) is 18.0 Å². The Hall–Kier alpha value is -1.98. The van der Waals surface area contributed by atoms with Gasteiger partial charge in [0.1, 0.15) is 5.82 Å². The number of fused-ring (bicyclic) bond motifs is 1. The summed E-state index contributed by atoms with van der Waals surface area (Å²) in [4.78, 5) is 4.67. The van der Waals surface area contributed by atoms with E-state index in [9.17, 15) is 13.2 Å². The fourth-order valence-corrected chi connectivity index (χ4v) is 4.00. The molecule has 0 bridgehead atoms. The average Bonchev–Trinajstić information content (AvgIpc) is 2.95. The molecule has 28 heavy (non-hydrogen) atoms. The van der Waals surface area contributed by atoms with Crippen molar-refractivity contribution < 1.29 is 13.2 Å². The standard InChI is InChI=1S/C21H19Cl2F3N2/c1-4-12(5-2)14-7-6-8-18-20(14)28(3)19(27-18)11-15-16(22)9-13(10-17(15)23)21(24,25)26/h4,6-10H,5,11H2,1-3H3/b12-4-. The number of hydrogen-bond acceptors (Lipinski definition) is 1. The maximum Gasteiger partial charge on any atom is 0.416 e. The van der Waals surface area contributed by atoms with Gasteiger partial charge in [0.25, 0.3) is 0 Å². The molecule has 3 aromatic rings. The molecule has 0 unspecified atom stereocenters. The zero-order chi connectivity index (χ0) is 20.6. The van der Waals surface area contributed by atoms with Crippen LogP contribution in [-0.2, 0) is 19.6 Å². The van der Waals surface area contributed by atoms with Gasteiger partial charge in [0.05, 0.1) is 16.6 Å². The Morgan fingerprint density at radius 2 is 1.82 bits per heavy atom. The average molecular weight is 427 g/mol. The van der Waals surface area contributed by atoms with E-state index in [1.807, 2.05) is 36.7 Å². The van der Waals surface area contributed by atoms with E-state index in [0.29, 0.717) is 11.4 Å². The number of hydrogen-bond donors (Lipinski definition) is 0. The Labute approximate surface area is 171 Å². The fourth-order valence-electron chi connectivity index (χ4n) is 3.38. The van der Waals surface area contributed by atoms with Crippen molar-refractivity contribution in [2.45, 2.75) is 32.9 Å². The van der Waals surface area contributed by atoms with E-state index in [4.69, 9.17) is 23.2 Å². The molecule has 2 nitrogen and oxygen atoms in total. The molecule has 3 rings (SSSR count). The highest BCUT2D eigenvalue weighted by molar-refractivity contribution is 6.36. The second-order valence-electron chi connectivity index (χ2n) is 6.52. The molecule has 148 valence electrons. The van der Waals surface area contributed by atoms with Crippen molar-refractivity contribution in [1.82, 2.24) is 9.55 Å². The molecule has 0 amide bonds. The fraction of sp³-hybridized carbons (Fsp3) is 0.286. The van der Waals surface area contributed by atoms with E-state index < -0.39 is 11.7 Å². The number of nitrogens with zero attached hydrogens (tertiary/aromatic N) is 2. The number of imidazole rings is 1. The third-order valence-corrected chi connectivity index (χ3v) is 5.54. The van der Waals surface area contributed by atoms with E-state index in [0.717, 1.165) is 35.2 Å². The predicted octanol–water partition coefficient (Wildman–Crippen LogP) is 7.30. The number of aromatic nitrogens is 2. The third-order valence-electron chi connectivity index (χ3n) is 4.87. The maximum absolute atomic E-state index is 13.0. The molecule has 7 heteroatoms. The lowest BCUT2D eigenvalue weighted by molar-refractivity contribution is -0.137. The molecular weight excluding hydrogens is 408 g/mol. The summed E-state index contributed by atoms with van der Waals surface area (Å²) < 4.78 is 40.8. The first-order chi connectivity index (χ1) is 13.2. The van der Waals surface area contributed by atoms with Gasteiger partial charge in [-0.2, -0.15) is 13.2 Å². The highest BCUT2D eigenvalue weighted by atomic mass is 35.5. The molecule has 0 saturated carbocycles. The molecule has 0 spiro atoms. The molecule has 1 heterocycles. The monoisotopic (exact) mass is 426 g/mol. The van der Waals surface area contributed by atoms with Crippen molar-refractivity contribution in [3.05, 3.63) is 69.0 Å². The SMILES string of the molecule is C/C=C(/CC)c1cccc2nc(Cc3c(Cl)cc(C(F)(F)F)cc3Cl)n(C)c12. The summed E-state index contributed by atoms with van der Waals surface area (Å²) in [6, 6.07) is 7.73. The van der Waals surface area contributed by atoms with Crippen LogP contribution in [0.1, 0.15) is 42.8 Å². The summed E-state index contributed by atoms with van der Waals surface area (Å²) in [7, 11) is 1.89. The van der Waals surface area contributed by atoms with Crippen LogP contribution in [0.2, 0.25) is 10.0 Å². The highest BCUT2D eigenvalue weighted by Gasteiger charge is 2.32. The summed E-state index contributed by atoms with van der Waals surface area (Å²) >= 11 is 12.3. The van der Waals surface area contributed by atoms with Crippen LogP contribution >= 0.6 is 23.2 Å². The van der Waals surface area contributed by atoms with Crippen molar-refractivity contribution in [3.8, 4) is 0 Å². The Balaban J connectivity index is 2.10. The van der Waals surface area contributed by atoms with E-state index in [-0.39, 0.29) is 16.5 Å². The van der Waals surface area contributed by atoms with E-state index in [1.54, 1.807) is 0 Å². The van der Waals surface area contributed by atoms with Gasteiger partial charge in [-0.1, -0.05) is 48.3 Å². The topological polar surface area (TPSA) is 17.8 Å². The van der Waals surface area contributed by atoms with Gasteiger partial charge >= 0.3 is 6.18 Å². The van der Waals surface area contributed by atoms with Crippen LogP contribution in [0, 0.1) is 0 Å². The van der Waals surface area contributed by atoms with Gasteiger partial charge in [-0.15, -0.1) is 0 Å². The summed E-state index contributed by atoms with van der Waals surface area (Å²) in [6.07, 6.45) is -1.31. The molecule has 2 aromatic carbocycles. The maximum atomic E-state index is 13.0. The van der Waals surface area contributed by atoms with Crippen molar-refractivity contribution in [3.63, 3.8) is 0 Å². The molecule has 0 aliphatic carbocycles. The molecule has 0 fully saturated rings. The Kier molecular flexibility index (Phi) is 5.78. The largest absolute Gasteiger partial charge is 0.416 e. The van der Waals surface area contributed by atoms with Crippen LogP contribution in [0.5, 0.6) is 0 Å². The van der Waals surface area contributed by atoms with Crippen molar-refractivity contribution >= 4 is 39.8 Å². The molecule has 0 saturated heterocycles. The number of aryl methyl sites for hydroxylation is 1. The third kappa shape index (κ3) is 3.78. The lowest BCUT2D eigenvalue weighted by atomic mass is 10.0. The van der Waals surface area contributed by atoms with Crippen LogP contribution in [0.15, 0.2) is 36.4 Å². The van der Waals surface area contributed by atoms with Gasteiger partial charge in [-0.05, 0) is 42.7 Å². The predicted molar refractivity (Wildman–Crippen MR) is 109 cm³/mol. The molecular formula is C21H19Cl2F3N2. The van der Waals surface area contributed by atoms with Crippen molar-refractivity contribution in [2.24, 2.45) is 7.05 Å². The van der Waals surface area contributed by atoms with Crippen LogP contribution in [0.4, 0.5) is 13.2 Å². The molecule has 0 radical (unpaired) electrons. The van der Waals surface area contributed by atoms with Gasteiger partial charge in [0.2, 0.25) is 0 Å². The van der Waals surface area contributed by atoms with Gasteiger partial charge in [-0.3, -0.25) is 0 Å². The number of allylic oxidation sites excluding steroid dienone is 2. The van der Waals surface area contributed by atoms with Gasteiger partial charge < -0.3 is 4.57 Å². The first-order valence-electron chi connectivity index (χ1n) is 8.82. The summed E-state index contributed by atoms with van der Waals surface area (Å²) in [5.74, 6) is 0.678.